The standard InChI is InChI=1S/C12H11NO/c1-4-10-5-7-11(8-6-10)13-12(14)9(2)3/h1,5-8H,2H2,3H3,(H,13,14). The van der Waals surface area contributed by atoms with Crippen molar-refractivity contribution >= 4 is 11.6 Å². The average molecular weight is 185 g/mol. The third-order valence-electron chi connectivity index (χ3n) is 1.70. The molecule has 14 heavy (non-hydrogen) atoms. The number of terminal acetylenes is 1. The lowest BCUT2D eigenvalue weighted by Gasteiger charge is -2.03. The van der Waals surface area contributed by atoms with Crippen LogP contribution in [0.5, 0.6) is 0 Å². The number of nitrogens with one attached hydrogen (secondary N) is 1. The van der Waals surface area contributed by atoms with Crippen LogP contribution in [0, 0.1) is 12.3 Å². The summed E-state index contributed by atoms with van der Waals surface area (Å²) >= 11 is 0. The molecule has 1 aromatic rings. The van der Waals surface area contributed by atoms with Crippen LogP contribution in [-0.4, -0.2) is 5.91 Å². The third kappa shape index (κ3) is 2.49. The van der Waals surface area contributed by atoms with Gasteiger partial charge in [0, 0.05) is 16.8 Å². The first-order valence-corrected chi connectivity index (χ1v) is 4.17. The number of anilines is 1. The zero-order valence-electron chi connectivity index (χ0n) is 8.00. The first kappa shape index (κ1) is 10.1. The minimum Gasteiger partial charge on any atom is -0.322 e. The van der Waals surface area contributed by atoms with Crippen molar-refractivity contribution in [1.29, 1.82) is 0 Å². The van der Waals surface area contributed by atoms with Crippen LogP contribution in [0.2, 0.25) is 0 Å². The maximum Gasteiger partial charge on any atom is 0.250 e. The molecule has 0 atom stereocenters. The molecule has 0 aromatic heterocycles. The average Bonchev–Trinajstić information content (AvgIpc) is 2.19. The van der Waals surface area contributed by atoms with Crippen LogP contribution in [0.1, 0.15) is 12.5 Å². The van der Waals surface area contributed by atoms with E-state index in [1.807, 2.05) is 0 Å². The van der Waals surface area contributed by atoms with Crippen LogP contribution in [0.3, 0.4) is 0 Å². The summed E-state index contributed by atoms with van der Waals surface area (Å²) in [5, 5.41) is 2.69. The second-order valence-corrected chi connectivity index (χ2v) is 2.96. The molecule has 0 aliphatic rings. The normalized spacial score (nSPS) is 8.86. The van der Waals surface area contributed by atoms with Gasteiger partial charge in [0.25, 0.3) is 5.91 Å². The topological polar surface area (TPSA) is 29.1 Å². The molecule has 0 unspecified atom stereocenters. The van der Waals surface area contributed by atoms with Crippen molar-refractivity contribution in [2.24, 2.45) is 0 Å². The fourth-order valence-corrected chi connectivity index (χ4v) is 0.888. The quantitative estimate of drug-likeness (QED) is 0.555. The lowest BCUT2D eigenvalue weighted by Crippen LogP contribution is -2.11. The Morgan fingerprint density at radius 1 is 1.43 bits per heavy atom. The molecule has 0 aliphatic heterocycles. The molecule has 2 nitrogen and oxygen atoms in total. The van der Waals surface area contributed by atoms with E-state index in [1.54, 1.807) is 31.2 Å². The van der Waals surface area contributed by atoms with Gasteiger partial charge in [-0.3, -0.25) is 4.79 Å². The van der Waals surface area contributed by atoms with Crippen molar-refractivity contribution < 1.29 is 4.79 Å². The summed E-state index contributed by atoms with van der Waals surface area (Å²) in [7, 11) is 0. The molecule has 0 saturated heterocycles. The number of amides is 1. The molecule has 0 bridgehead atoms. The Bertz CT molecular complexity index is 395. The smallest absolute Gasteiger partial charge is 0.250 e. The minimum atomic E-state index is -0.182. The molecular formula is C12H11NO. The zero-order chi connectivity index (χ0) is 10.6. The number of carbonyl (C=O) groups is 1. The number of hydrogen-bond donors (Lipinski definition) is 1. The van der Waals surface area contributed by atoms with Crippen molar-refractivity contribution in [2.75, 3.05) is 5.32 Å². The lowest BCUT2D eigenvalue weighted by molar-refractivity contribution is -0.112. The SMILES string of the molecule is C#Cc1ccc(NC(=O)C(=C)C)cc1. The number of benzene rings is 1. The largest absolute Gasteiger partial charge is 0.322 e. The van der Waals surface area contributed by atoms with Crippen molar-refractivity contribution in [3.8, 4) is 12.3 Å². The Morgan fingerprint density at radius 2 is 2.00 bits per heavy atom. The Morgan fingerprint density at radius 3 is 2.43 bits per heavy atom. The van der Waals surface area contributed by atoms with Gasteiger partial charge < -0.3 is 5.32 Å². The maximum atomic E-state index is 11.2. The van der Waals surface area contributed by atoms with Crippen LogP contribution in [0.25, 0.3) is 0 Å². The Labute approximate surface area is 83.6 Å². The van der Waals surface area contributed by atoms with Gasteiger partial charge in [-0.15, -0.1) is 6.42 Å². The Balaban J connectivity index is 2.75. The van der Waals surface area contributed by atoms with Crippen LogP contribution in [-0.2, 0) is 4.79 Å². The summed E-state index contributed by atoms with van der Waals surface area (Å²) in [6, 6.07) is 7.06. The molecule has 0 heterocycles. The first-order valence-electron chi connectivity index (χ1n) is 4.17. The van der Waals surface area contributed by atoms with Gasteiger partial charge in [-0.1, -0.05) is 12.5 Å². The predicted octanol–water partition coefficient (Wildman–Crippen LogP) is 2.18. The molecule has 2 heteroatoms. The summed E-state index contributed by atoms with van der Waals surface area (Å²) in [5.74, 6) is 2.32. The third-order valence-corrected chi connectivity index (χ3v) is 1.70. The van der Waals surface area contributed by atoms with Crippen LogP contribution >= 0.6 is 0 Å². The Hall–Kier alpha value is -2.01. The highest BCUT2D eigenvalue weighted by Gasteiger charge is 2.01. The molecule has 0 aliphatic carbocycles. The lowest BCUT2D eigenvalue weighted by atomic mass is 10.2. The molecule has 1 rings (SSSR count). The van der Waals surface area contributed by atoms with E-state index in [0.29, 0.717) is 5.57 Å². The van der Waals surface area contributed by atoms with E-state index < -0.39 is 0 Å². The summed E-state index contributed by atoms with van der Waals surface area (Å²) in [5.41, 5.74) is 1.99. The number of rotatable bonds is 2. The highest BCUT2D eigenvalue weighted by atomic mass is 16.1. The van der Waals surface area contributed by atoms with E-state index in [4.69, 9.17) is 6.42 Å². The van der Waals surface area contributed by atoms with E-state index in [1.165, 1.54) is 0 Å². The summed E-state index contributed by atoms with van der Waals surface area (Å²) in [6.45, 7) is 5.20. The van der Waals surface area contributed by atoms with Crippen LogP contribution in [0.15, 0.2) is 36.4 Å². The van der Waals surface area contributed by atoms with Gasteiger partial charge in [0.15, 0.2) is 0 Å². The van der Waals surface area contributed by atoms with Gasteiger partial charge >= 0.3 is 0 Å². The van der Waals surface area contributed by atoms with Gasteiger partial charge in [0.2, 0.25) is 0 Å². The minimum absolute atomic E-state index is 0.182. The molecule has 1 amide bonds. The van der Waals surface area contributed by atoms with E-state index in [-0.39, 0.29) is 5.91 Å². The predicted molar refractivity (Wildman–Crippen MR) is 57.8 cm³/mol. The molecule has 0 radical (unpaired) electrons. The van der Waals surface area contributed by atoms with Crippen LogP contribution in [0.4, 0.5) is 5.69 Å². The molecule has 0 spiro atoms. The molecule has 0 saturated carbocycles. The Kier molecular flexibility index (Phi) is 3.09. The molecule has 1 N–H and O–H groups in total. The zero-order valence-corrected chi connectivity index (χ0v) is 8.00. The summed E-state index contributed by atoms with van der Waals surface area (Å²) < 4.78 is 0. The van der Waals surface area contributed by atoms with Crippen molar-refractivity contribution in [2.45, 2.75) is 6.92 Å². The van der Waals surface area contributed by atoms with Gasteiger partial charge in [0.05, 0.1) is 0 Å². The summed E-state index contributed by atoms with van der Waals surface area (Å²) in [6.07, 6.45) is 5.20. The van der Waals surface area contributed by atoms with Crippen molar-refractivity contribution in [3.05, 3.63) is 42.0 Å². The van der Waals surface area contributed by atoms with Gasteiger partial charge in [-0.2, -0.15) is 0 Å². The molecule has 0 fully saturated rings. The van der Waals surface area contributed by atoms with Gasteiger partial charge in [-0.05, 0) is 31.2 Å². The second-order valence-electron chi connectivity index (χ2n) is 2.96. The van der Waals surface area contributed by atoms with Gasteiger partial charge in [0.1, 0.15) is 0 Å². The van der Waals surface area contributed by atoms with E-state index in [0.717, 1.165) is 11.3 Å². The van der Waals surface area contributed by atoms with E-state index in [9.17, 15) is 4.79 Å². The van der Waals surface area contributed by atoms with E-state index in [2.05, 4.69) is 17.8 Å². The highest BCUT2D eigenvalue weighted by molar-refractivity contribution is 6.02. The van der Waals surface area contributed by atoms with E-state index >= 15 is 0 Å². The highest BCUT2D eigenvalue weighted by Crippen LogP contribution is 2.09. The monoisotopic (exact) mass is 185 g/mol. The number of hydrogen-bond acceptors (Lipinski definition) is 1. The maximum absolute atomic E-state index is 11.2. The second kappa shape index (κ2) is 4.29. The van der Waals surface area contributed by atoms with Crippen LogP contribution < -0.4 is 5.32 Å². The fourth-order valence-electron chi connectivity index (χ4n) is 0.888. The first-order chi connectivity index (χ1) is 6.63. The van der Waals surface area contributed by atoms with Gasteiger partial charge in [-0.25, -0.2) is 0 Å². The molecular weight excluding hydrogens is 174 g/mol. The fraction of sp³-hybridized carbons (Fsp3) is 0.0833. The molecule has 1 aromatic carbocycles. The number of carbonyl (C=O) groups excluding carboxylic acids is 1. The van der Waals surface area contributed by atoms with Crippen molar-refractivity contribution in [3.63, 3.8) is 0 Å². The van der Waals surface area contributed by atoms with Crippen molar-refractivity contribution in [1.82, 2.24) is 0 Å². The molecule has 70 valence electrons. The summed E-state index contributed by atoms with van der Waals surface area (Å²) in [4.78, 5) is 11.2.